The molecule has 0 amide bonds. The Kier molecular flexibility index (Phi) is 4.11. The quantitative estimate of drug-likeness (QED) is 0.724. The van der Waals surface area contributed by atoms with Gasteiger partial charge in [-0.2, -0.15) is 0 Å². The normalized spacial score (nSPS) is 10.6. The fraction of sp³-hybridized carbons (Fsp3) is 0.0556. The van der Waals surface area contributed by atoms with E-state index in [1.807, 2.05) is 54.6 Å². The van der Waals surface area contributed by atoms with Crippen LogP contribution in [0.15, 0.2) is 65.1 Å². The standard InChI is InChI=1S/C18H13BrO3/c19-17-14-9-5-4-8-13(14)16(10-15(17)18(20)21)22-11-12-6-2-1-3-7-12/h1-10H,11H2,(H,20,21). The van der Waals surface area contributed by atoms with Gasteiger partial charge in [0.15, 0.2) is 0 Å². The van der Waals surface area contributed by atoms with E-state index in [1.165, 1.54) is 0 Å². The third kappa shape index (κ3) is 2.83. The second-order valence-corrected chi connectivity index (χ2v) is 5.65. The lowest BCUT2D eigenvalue weighted by molar-refractivity contribution is 0.0695. The van der Waals surface area contributed by atoms with Crippen molar-refractivity contribution in [2.75, 3.05) is 0 Å². The Hall–Kier alpha value is -2.33. The van der Waals surface area contributed by atoms with Crippen LogP contribution in [0.4, 0.5) is 0 Å². The van der Waals surface area contributed by atoms with Crippen LogP contribution in [0, 0.1) is 0 Å². The minimum atomic E-state index is -0.984. The van der Waals surface area contributed by atoms with Crippen molar-refractivity contribution in [3.63, 3.8) is 0 Å². The van der Waals surface area contributed by atoms with E-state index in [0.717, 1.165) is 16.3 Å². The lowest BCUT2D eigenvalue weighted by Gasteiger charge is -2.12. The van der Waals surface area contributed by atoms with Gasteiger partial charge < -0.3 is 9.84 Å². The fourth-order valence-corrected chi connectivity index (χ4v) is 2.95. The van der Waals surface area contributed by atoms with Crippen LogP contribution in [0.3, 0.4) is 0 Å². The van der Waals surface area contributed by atoms with Gasteiger partial charge in [-0.05, 0) is 27.6 Å². The number of hydrogen-bond donors (Lipinski definition) is 1. The molecule has 3 aromatic carbocycles. The zero-order valence-electron chi connectivity index (χ0n) is 11.6. The van der Waals surface area contributed by atoms with Crippen molar-refractivity contribution in [3.05, 3.63) is 76.3 Å². The first-order chi connectivity index (χ1) is 10.7. The maximum Gasteiger partial charge on any atom is 0.337 e. The second kappa shape index (κ2) is 6.20. The maximum atomic E-state index is 11.4. The summed E-state index contributed by atoms with van der Waals surface area (Å²) in [4.78, 5) is 11.4. The van der Waals surface area contributed by atoms with E-state index in [-0.39, 0.29) is 5.56 Å². The van der Waals surface area contributed by atoms with E-state index in [2.05, 4.69) is 15.9 Å². The molecule has 0 saturated carbocycles. The first-order valence-corrected chi connectivity index (χ1v) is 7.57. The molecule has 0 aliphatic heterocycles. The SMILES string of the molecule is O=C(O)c1cc(OCc2ccccc2)c2ccccc2c1Br. The van der Waals surface area contributed by atoms with Gasteiger partial charge in [-0.3, -0.25) is 0 Å². The lowest BCUT2D eigenvalue weighted by atomic mass is 10.1. The number of hydrogen-bond acceptors (Lipinski definition) is 2. The zero-order chi connectivity index (χ0) is 15.5. The summed E-state index contributed by atoms with van der Waals surface area (Å²) in [7, 11) is 0. The van der Waals surface area contributed by atoms with Gasteiger partial charge in [0.2, 0.25) is 0 Å². The third-order valence-electron chi connectivity index (χ3n) is 3.41. The summed E-state index contributed by atoms with van der Waals surface area (Å²) in [6, 6.07) is 18.9. The number of aromatic carboxylic acids is 1. The van der Waals surface area contributed by atoms with E-state index in [1.54, 1.807) is 6.07 Å². The zero-order valence-corrected chi connectivity index (χ0v) is 13.2. The fourth-order valence-electron chi connectivity index (χ4n) is 2.32. The minimum absolute atomic E-state index is 0.196. The molecule has 1 N–H and O–H groups in total. The van der Waals surface area contributed by atoms with Gasteiger partial charge in [0, 0.05) is 15.2 Å². The predicted molar refractivity (Wildman–Crippen MR) is 89.4 cm³/mol. The van der Waals surface area contributed by atoms with Gasteiger partial charge in [-0.25, -0.2) is 4.79 Å². The van der Waals surface area contributed by atoms with E-state index in [0.29, 0.717) is 16.8 Å². The Morgan fingerprint density at radius 2 is 1.64 bits per heavy atom. The highest BCUT2D eigenvalue weighted by Gasteiger charge is 2.15. The van der Waals surface area contributed by atoms with Gasteiger partial charge in [-0.1, -0.05) is 54.6 Å². The average molecular weight is 357 g/mol. The number of carboxylic acids is 1. The first kappa shape index (κ1) is 14.6. The molecule has 0 saturated heterocycles. The summed E-state index contributed by atoms with van der Waals surface area (Å²) in [5.74, 6) is -0.415. The van der Waals surface area contributed by atoms with Crippen molar-refractivity contribution in [1.29, 1.82) is 0 Å². The predicted octanol–water partition coefficient (Wildman–Crippen LogP) is 4.88. The Morgan fingerprint density at radius 1 is 1.00 bits per heavy atom. The number of benzene rings is 3. The largest absolute Gasteiger partial charge is 0.488 e. The Labute approximate surface area is 136 Å². The van der Waals surface area contributed by atoms with Crippen LogP contribution in [0.5, 0.6) is 5.75 Å². The molecule has 3 rings (SSSR count). The summed E-state index contributed by atoms with van der Waals surface area (Å²) in [6.07, 6.45) is 0. The van der Waals surface area contributed by atoms with Gasteiger partial charge in [-0.15, -0.1) is 0 Å². The van der Waals surface area contributed by atoms with E-state index in [9.17, 15) is 9.90 Å². The van der Waals surface area contributed by atoms with E-state index < -0.39 is 5.97 Å². The smallest absolute Gasteiger partial charge is 0.337 e. The van der Waals surface area contributed by atoms with Gasteiger partial charge in [0.05, 0.1) is 5.56 Å². The molecule has 0 spiro atoms. The third-order valence-corrected chi connectivity index (χ3v) is 4.26. The van der Waals surface area contributed by atoms with Crippen molar-refractivity contribution in [2.24, 2.45) is 0 Å². The molecule has 0 bridgehead atoms. The molecule has 110 valence electrons. The number of halogens is 1. The van der Waals surface area contributed by atoms with Crippen LogP contribution >= 0.6 is 15.9 Å². The number of carbonyl (C=O) groups is 1. The highest BCUT2D eigenvalue weighted by Crippen LogP contribution is 2.35. The van der Waals surface area contributed by atoms with Crippen LogP contribution in [0.1, 0.15) is 15.9 Å². The highest BCUT2D eigenvalue weighted by molar-refractivity contribution is 9.10. The first-order valence-electron chi connectivity index (χ1n) is 6.78. The van der Waals surface area contributed by atoms with E-state index >= 15 is 0 Å². The molecular formula is C18H13BrO3. The molecule has 0 heterocycles. The van der Waals surface area contributed by atoms with Gasteiger partial charge in [0.1, 0.15) is 12.4 Å². The molecule has 0 fully saturated rings. The Balaban J connectivity index is 2.04. The Bertz CT molecular complexity index is 828. The van der Waals surface area contributed by atoms with Crippen molar-refractivity contribution >= 4 is 32.7 Å². The molecule has 0 aliphatic rings. The summed E-state index contributed by atoms with van der Waals surface area (Å²) in [6.45, 7) is 0.394. The average Bonchev–Trinajstić information content (AvgIpc) is 2.55. The van der Waals surface area contributed by atoms with Crippen LogP contribution in [0.25, 0.3) is 10.8 Å². The minimum Gasteiger partial charge on any atom is -0.488 e. The van der Waals surface area contributed by atoms with Gasteiger partial charge in [0.25, 0.3) is 0 Å². The molecular weight excluding hydrogens is 344 g/mol. The van der Waals surface area contributed by atoms with Crippen molar-refractivity contribution in [3.8, 4) is 5.75 Å². The van der Waals surface area contributed by atoms with Crippen molar-refractivity contribution in [2.45, 2.75) is 6.61 Å². The molecule has 4 heteroatoms. The number of ether oxygens (including phenoxy) is 1. The molecule has 0 atom stereocenters. The summed E-state index contributed by atoms with van der Waals surface area (Å²) in [5.41, 5.74) is 1.23. The van der Waals surface area contributed by atoms with Crippen LogP contribution in [-0.2, 0) is 6.61 Å². The molecule has 0 aliphatic carbocycles. The highest BCUT2D eigenvalue weighted by atomic mass is 79.9. The lowest BCUT2D eigenvalue weighted by Crippen LogP contribution is -2.02. The monoisotopic (exact) mass is 356 g/mol. The molecule has 3 aromatic rings. The molecule has 0 aromatic heterocycles. The number of fused-ring (bicyclic) bond motifs is 1. The molecule has 3 nitrogen and oxygen atoms in total. The second-order valence-electron chi connectivity index (χ2n) is 4.86. The van der Waals surface area contributed by atoms with Crippen LogP contribution in [0.2, 0.25) is 0 Å². The maximum absolute atomic E-state index is 11.4. The number of carboxylic acid groups (broad SMARTS) is 1. The van der Waals surface area contributed by atoms with Crippen LogP contribution < -0.4 is 4.74 Å². The summed E-state index contributed by atoms with van der Waals surface area (Å²) in [5, 5.41) is 11.1. The Morgan fingerprint density at radius 3 is 2.32 bits per heavy atom. The van der Waals surface area contributed by atoms with Crippen molar-refractivity contribution in [1.82, 2.24) is 0 Å². The number of rotatable bonds is 4. The van der Waals surface area contributed by atoms with Gasteiger partial charge >= 0.3 is 5.97 Å². The molecule has 0 unspecified atom stereocenters. The summed E-state index contributed by atoms with van der Waals surface area (Å²) >= 11 is 3.38. The summed E-state index contributed by atoms with van der Waals surface area (Å²) < 4.78 is 6.44. The molecule has 22 heavy (non-hydrogen) atoms. The van der Waals surface area contributed by atoms with Crippen LogP contribution in [-0.4, -0.2) is 11.1 Å². The van der Waals surface area contributed by atoms with Crippen molar-refractivity contribution < 1.29 is 14.6 Å². The molecule has 0 radical (unpaired) electrons. The topological polar surface area (TPSA) is 46.5 Å². The van der Waals surface area contributed by atoms with E-state index in [4.69, 9.17) is 4.74 Å².